The second-order valence-electron chi connectivity index (χ2n) is 5.87. The number of carbonyl (C=O) groups excluding carboxylic acids is 2. The molecular weight excluding hydrogens is 444 g/mol. The van der Waals surface area contributed by atoms with E-state index in [-0.39, 0.29) is 23.5 Å². The van der Waals surface area contributed by atoms with Crippen molar-refractivity contribution < 1.29 is 24.2 Å². The number of hydrogen-bond acceptors (Lipinski definition) is 10. The number of rotatable bonds is 8. The average molecular weight is 463 g/mol. The van der Waals surface area contributed by atoms with Gasteiger partial charge in [0.1, 0.15) is 22.0 Å². The van der Waals surface area contributed by atoms with Crippen LogP contribution in [0.2, 0.25) is 0 Å². The van der Waals surface area contributed by atoms with E-state index in [4.69, 9.17) is 4.74 Å². The molecule has 1 fully saturated rings. The minimum Gasteiger partial charge on any atom is -0.477 e. The van der Waals surface area contributed by atoms with Crippen molar-refractivity contribution in [2.45, 2.75) is 29.6 Å². The van der Waals surface area contributed by atoms with E-state index in [9.17, 15) is 19.5 Å². The number of nitrogens with zero attached hydrogens (tertiary/aromatic N) is 4. The van der Waals surface area contributed by atoms with Crippen LogP contribution < -0.4 is 0 Å². The van der Waals surface area contributed by atoms with Crippen molar-refractivity contribution in [1.29, 1.82) is 0 Å². The Kier molecular flexibility index (Phi) is 6.91. The molecule has 2 aliphatic heterocycles. The summed E-state index contributed by atoms with van der Waals surface area (Å²) in [6.45, 7) is 3.23. The first-order chi connectivity index (χ1) is 13.3. The molecule has 28 heavy (non-hydrogen) atoms. The van der Waals surface area contributed by atoms with Crippen molar-refractivity contribution in [2.75, 3.05) is 24.6 Å². The number of hydrogen-bond donors (Lipinski definition) is 1. The van der Waals surface area contributed by atoms with Crippen LogP contribution in [-0.4, -0.2) is 78.3 Å². The van der Waals surface area contributed by atoms with Gasteiger partial charge in [-0.2, -0.15) is 0 Å². The number of β-lactam (4-membered cyclic amide) rings is 1. The molecule has 0 spiro atoms. The van der Waals surface area contributed by atoms with Gasteiger partial charge in [-0.3, -0.25) is 18.8 Å². The summed E-state index contributed by atoms with van der Waals surface area (Å²) < 4.78 is 7.12. The fourth-order valence-electron chi connectivity index (χ4n) is 2.82. The van der Waals surface area contributed by atoms with Gasteiger partial charge in [-0.15, -0.1) is 22.0 Å². The SMILES string of the molecule is COCSN(C(C)=O)[C@@H]1C(=O)N2C(C(=O)O)=C(CSc3nnc(C)s3)CSC12. The molecule has 1 saturated heterocycles. The fourth-order valence-corrected chi connectivity index (χ4v) is 7.01. The van der Waals surface area contributed by atoms with Gasteiger partial charge in [-0.05, 0) is 24.4 Å². The third-order valence-electron chi connectivity index (χ3n) is 3.97. The van der Waals surface area contributed by atoms with Crippen molar-refractivity contribution in [3.63, 3.8) is 0 Å². The van der Waals surface area contributed by atoms with Crippen molar-refractivity contribution in [3.05, 3.63) is 16.3 Å². The molecule has 152 valence electrons. The van der Waals surface area contributed by atoms with E-state index in [0.29, 0.717) is 17.1 Å². The normalized spacial score (nSPS) is 21.4. The first-order valence-corrected chi connectivity index (χ1v) is 11.9. The Labute approximate surface area is 178 Å². The average Bonchev–Trinajstić information content (AvgIpc) is 3.07. The Morgan fingerprint density at radius 3 is 2.75 bits per heavy atom. The molecule has 1 aromatic heterocycles. The highest BCUT2D eigenvalue weighted by atomic mass is 32.2. The molecule has 1 N–H and O–H groups in total. The zero-order valence-electron chi connectivity index (χ0n) is 15.3. The Bertz CT molecular complexity index is 829. The van der Waals surface area contributed by atoms with E-state index in [1.54, 1.807) is 0 Å². The second kappa shape index (κ2) is 9.03. The van der Waals surface area contributed by atoms with Crippen molar-refractivity contribution in [3.8, 4) is 0 Å². The number of aliphatic carboxylic acids is 1. The zero-order chi connectivity index (χ0) is 20.4. The smallest absolute Gasteiger partial charge is 0.352 e. The molecule has 3 rings (SSSR count). The van der Waals surface area contributed by atoms with Crippen LogP contribution in [0.5, 0.6) is 0 Å². The maximum Gasteiger partial charge on any atom is 0.352 e. The standard InChI is InChI=1S/C15H18N4O5S4/c1-7-16-17-15(28-7)26-5-9-4-25-13-11(19(8(2)20)27-6-24-3)12(21)18(13)10(9)14(22)23/h11,13H,4-6H2,1-3H3,(H,22,23)/t11-,13?/m1/s1. The van der Waals surface area contributed by atoms with E-state index in [2.05, 4.69) is 10.2 Å². The molecular formula is C15H18N4O5S4. The number of carboxylic acids is 1. The predicted molar refractivity (Wildman–Crippen MR) is 109 cm³/mol. The highest BCUT2D eigenvalue weighted by Gasteiger charge is 2.56. The first-order valence-electron chi connectivity index (χ1n) is 8.09. The minimum absolute atomic E-state index is 0.0129. The van der Waals surface area contributed by atoms with Crippen LogP contribution in [0.3, 0.4) is 0 Å². The molecule has 0 saturated carbocycles. The van der Waals surface area contributed by atoms with Crippen molar-refractivity contribution in [1.82, 2.24) is 19.4 Å². The summed E-state index contributed by atoms with van der Waals surface area (Å²) >= 11 is 5.43. The van der Waals surface area contributed by atoms with Crippen LogP contribution in [0.25, 0.3) is 0 Å². The topological polar surface area (TPSA) is 113 Å². The van der Waals surface area contributed by atoms with Gasteiger partial charge in [0, 0.05) is 25.5 Å². The number of carboxylic acid groups (broad SMARTS) is 1. The molecule has 2 amide bonds. The van der Waals surface area contributed by atoms with E-state index in [0.717, 1.165) is 21.3 Å². The lowest BCUT2D eigenvalue weighted by molar-refractivity contribution is -0.154. The van der Waals surface area contributed by atoms with Gasteiger partial charge < -0.3 is 9.84 Å². The Hall–Kier alpha value is -1.28. The van der Waals surface area contributed by atoms with Crippen LogP contribution in [0.1, 0.15) is 11.9 Å². The van der Waals surface area contributed by atoms with Crippen LogP contribution in [-0.2, 0) is 19.1 Å². The third kappa shape index (κ3) is 4.17. The number of ether oxygens (including phenoxy) is 1. The number of thioether (sulfide) groups is 2. The molecule has 0 bridgehead atoms. The van der Waals surface area contributed by atoms with Gasteiger partial charge in [0.05, 0.1) is 0 Å². The summed E-state index contributed by atoms with van der Waals surface area (Å²) in [7, 11) is 1.50. The first kappa shape index (κ1) is 21.4. The second-order valence-corrected chi connectivity index (χ2v) is 10.3. The summed E-state index contributed by atoms with van der Waals surface area (Å²) in [4.78, 5) is 37.9. The number of amides is 2. The van der Waals surface area contributed by atoms with E-state index < -0.39 is 17.4 Å². The number of aromatic nitrogens is 2. The van der Waals surface area contributed by atoms with Crippen molar-refractivity contribution in [2.24, 2.45) is 0 Å². The molecule has 1 unspecified atom stereocenters. The molecule has 0 aromatic carbocycles. The molecule has 3 heterocycles. The quantitative estimate of drug-likeness (QED) is 0.265. The van der Waals surface area contributed by atoms with Crippen LogP contribution >= 0.6 is 46.8 Å². The molecule has 1 aromatic rings. The molecule has 2 aliphatic rings. The summed E-state index contributed by atoms with van der Waals surface area (Å²) in [6.07, 6.45) is 0. The molecule has 13 heteroatoms. The lowest BCUT2D eigenvalue weighted by Crippen LogP contribution is -2.70. The maximum atomic E-state index is 12.8. The van der Waals surface area contributed by atoms with Gasteiger partial charge in [0.2, 0.25) is 5.91 Å². The highest BCUT2D eigenvalue weighted by Crippen LogP contribution is 2.44. The van der Waals surface area contributed by atoms with Crippen LogP contribution in [0, 0.1) is 6.92 Å². The van der Waals surface area contributed by atoms with Gasteiger partial charge in [-0.1, -0.05) is 23.1 Å². The van der Waals surface area contributed by atoms with Crippen LogP contribution in [0.15, 0.2) is 15.6 Å². The van der Waals surface area contributed by atoms with Gasteiger partial charge in [0.15, 0.2) is 10.4 Å². The Morgan fingerprint density at radius 1 is 1.43 bits per heavy atom. The number of carbonyl (C=O) groups is 3. The number of fused-ring (bicyclic) bond motifs is 1. The maximum absolute atomic E-state index is 12.8. The number of methoxy groups -OCH3 is 1. The zero-order valence-corrected chi connectivity index (χ0v) is 18.5. The lowest BCUT2D eigenvalue weighted by atomic mass is 10.0. The minimum atomic E-state index is -1.14. The third-order valence-corrected chi connectivity index (χ3v) is 8.46. The van der Waals surface area contributed by atoms with E-state index in [1.165, 1.54) is 58.1 Å². The summed E-state index contributed by atoms with van der Waals surface area (Å²) in [6, 6.07) is -0.697. The van der Waals surface area contributed by atoms with Crippen molar-refractivity contribution >= 4 is 64.6 Å². The lowest BCUT2D eigenvalue weighted by Gasteiger charge is -2.52. The highest BCUT2D eigenvalue weighted by molar-refractivity contribution is 8.02. The Balaban J connectivity index is 1.79. The van der Waals surface area contributed by atoms with E-state index >= 15 is 0 Å². The molecule has 2 atom stereocenters. The summed E-state index contributed by atoms with van der Waals surface area (Å²) in [5.74, 6) is -0.680. The molecule has 0 radical (unpaired) electrons. The van der Waals surface area contributed by atoms with Crippen LogP contribution in [0.4, 0.5) is 0 Å². The largest absolute Gasteiger partial charge is 0.477 e. The molecule has 9 nitrogen and oxygen atoms in total. The van der Waals surface area contributed by atoms with Gasteiger partial charge in [0.25, 0.3) is 5.91 Å². The Morgan fingerprint density at radius 2 is 2.18 bits per heavy atom. The summed E-state index contributed by atoms with van der Waals surface area (Å²) in [5, 5.41) is 18.1. The summed E-state index contributed by atoms with van der Waals surface area (Å²) in [5.41, 5.74) is 0.677. The monoisotopic (exact) mass is 462 g/mol. The number of aryl methyl sites for hydroxylation is 1. The van der Waals surface area contributed by atoms with Gasteiger partial charge in [-0.25, -0.2) is 4.79 Å². The molecule has 0 aliphatic carbocycles. The van der Waals surface area contributed by atoms with Gasteiger partial charge >= 0.3 is 5.97 Å². The van der Waals surface area contributed by atoms with E-state index in [1.807, 2.05) is 6.92 Å². The predicted octanol–water partition coefficient (Wildman–Crippen LogP) is 1.66. The fraction of sp³-hybridized carbons (Fsp3) is 0.533.